The molecule has 3 aliphatic heterocycles. The highest BCUT2D eigenvalue weighted by atomic mass is 16.5. The molecular formula is C27H39N5O5. The van der Waals surface area contributed by atoms with Crippen LogP contribution < -0.4 is 10.1 Å². The first-order chi connectivity index (χ1) is 18.0. The van der Waals surface area contributed by atoms with Gasteiger partial charge in [0, 0.05) is 70.4 Å². The molecule has 2 atom stereocenters. The highest BCUT2D eigenvalue weighted by molar-refractivity contribution is 5.98. The van der Waals surface area contributed by atoms with Crippen molar-refractivity contribution in [2.45, 2.75) is 31.3 Å². The van der Waals surface area contributed by atoms with E-state index in [1.165, 1.54) is 0 Å². The molecule has 0 bridgehead atoms. The Bertz CT molecular complexity index is 974. The third-order valence-electron chi connectivity index (χ3n) is 7.98. The van der Waals surface area contributed by atoms with Crippen LogP contribution in [0.2, 0.25) is 0 Å². The molecule has 4 aliphatic rings. The molecular weight excluding hydrogens is 474 g/mol. The second kappa shape index (κ2) is 11.8. The first-order valence-electron chi connectivity index (χ1n) is 13.6. The summed E-state index contributed by atoms with van der Waals surface area (Å²) >= 11 is 0. The third kappa shape index (κ3) is 6.08. The van der Waals surface area contributed by atoms with E-state index in [-0.39, 0.29) is 29.7 Å². The maximum Gasteiger partial charge on any atom is 0.254 e. The van der Waals surface area contributed by atoms with Crippen molar-refractivity contribution in [1.82, 2.24) is 24.9 Å². The van der Waals surface area contributed by atoms with E-state index in [2.05, 4.69) is 10.2 Å². The van der Waals surface area contributed by atoms with Gasteiger partial charge in [-0.15, -0.1) is 0 Å². The lowest BCUT2D eigenvalue weighted by Gasteiger charge is -2.33. The number of ether oxygens (including phenoxy) is 2. The topological polar surface area (TPSA) is 94.7 Å². The van der Waals surface area contributed by atoms with Crippen molar-refractivity contribution in [1.29, 1.82) is 0 Å². The number of carbonyl (C=O) groups excluding carboxylic acids is 3. The summed E-state index contributed by atoms with van der Waals surface area (Å²) in [6, 6.07) is 6.30. The lowest BCUT2D eigenvalue weighted by atomic mass is 10.1. The van der Waals surface area contributed by atoms with Crippen LogP contribution in [0.5, 0.6) is 5.75 Å². The number of methoxy groups -OCH3 is 1. The van der Waals surface area contributed by atoms with Crippen molar-refractivity contribution in [2.75, 3.05) is 79.2 Å². The Morgan fingerprint density at radius 1 is 1.11 bits per heavy atom. The van der Waals surface area contributed by atoms with Crippen molar-refractivity contribution >= 4 is 17.7 Å². The number of amides is 3. The number of rotatable bonds is 8. The Balaban J connectivity index is 1.37. The lowest BCUT2D eigenvalue weighted by Crippen LogP contribution is -2.53. The van der Waals surface area contributed by atoms with E-state index in [0.29, 0.717) is 57.1 Å². The molecule has 0 radical (unpaired) electrons. The van der Waals surface area contributed by atoms with Crippen molar-refractivity contribution in [3.63, 3.8) is 0 Å². The summed E-state index contributed by atoms with van der Waals surface area (Å²) in [5, 5.41) is 3.29. The molecule has 5 rings (SSSR count). The van der Waals surface area contributed by atoms with Gasteiger partial charge in [-0.2, -0.15) is 0 Å². The third-order valence-corrected chi connectivity index (χ3v) is 7.98. The first kappa shape index (κ1) is 25.9. The summed E-state index contributed by atoms with van der Waals surface area (Å²) in [7, 11) is 1.57. The van der Waals surface area contributed by atoms with Gasteiger partial charge in [0.1, 0.15) is 11.8 Å². The predicted octanol–water partition coefficient (Wildman–Crippen LogP) is 0.281. The van der Waals surface area contributed by atoms with Crippen molar-refractivity contribution < 1.29 is 23.9 Å². The van der Waals surface area contributed by atoms with Crippen LogP contribution >= 0.6 is 0 Å². The van der Waals surface area contributed by atoms with Gasteiger partial charge in [-0.25, -0.2) is 0 Å². The maximum absolute atomic E-state index is 13.8. The minimum absolute atomic E-state index is 0.0211. The molecule has 4 fully saturated rings. The summed E-state index contributed by atoms with van der Waals surface area (Å²) in [5.74, 6) is 0.634. The fourth-order valence-electron chi connectivity index (χ4n) is 5.63. The van der Waals surface area contributed by atoms with Crippen LogP contribution in [0.25, 0.3) is 0 Å². The fraction of sp³-hybridized carbons (Fsp3) is 0.667. The Morgan fingerprint density at radius 3 is 2.57 bits per heavy atom. The van der Waals surface area contributed by atoms with Gasteiger partial charge >= 0.3 is 0 Å². The molecule has 1 aromatic rings. The molecule has 37 heavy (non-hydrogen) atoms. The highest BCUT2D eigenvalue weighted by Gasteiger charge is 2.46. The summed E-state index contributed by atoms with van der Waals surface area (Å²) in [6.07, 6.45) is 2.32. The predicted molar refractivity (Wildman–Crippen MR) is 137 cm³/mol. The lowest BCUT2D eigenvalue weighted by molar-refractivity contribution is -0.137. The summed E-state index contributed by atoms with van der Waals surface area (Å²) in [6.45, 7) is 7.64. The zero-order valence-electron chi connectivity index (χ0n) is 21.8. The Hall–Kier alpha value is -2.69. The molecule has 10 nitrogen and oxygen atoms in total. The minimum Gasteiger partial charge on any atom is -0.497 e. The average Bonchev–Trinajstić information content (AvgIpc) is 3.72. The van der Waals surface area contributed by atoms with Gasteiger partial charge in [0.05, 0.1) is 26.4 Å². The minimum atomic E-state index is -0.584. The molecule has 10 heteroatoms. The number of piperazine rings is 1. The molecule has 1 N–H and O–H groups in total. The number of carbonyl (C=O) groups is 3. The Kier molecular flexibility index (Phi) is 8.26. The first-order valence-corrected chi connectivity index (χ1v) is 13.6. The number of hydrogen-bond acceptors (Lipinski definition) is 7. The molecule has 1 aliphatic carbocycles. The van der Waals surface area contributed by atoms with Crippen molar-refractivity contribution in [3.05, 3.63) is 29.8 Å². The molecule has 3 amide bonds. The van der Waals surface area contributed by atoms with Crippen molar-refractivity contribution in [3.8, 4) is 5.75 Å². The van der Waals surface area contributed by atoms with E-state index in [1.54, 1.807) is 36.3 Å². The van der Waals surface area contributed by atoms with Gasteiger partial charge in [-0.05, 0) is 37.5 Å². The SMILES string of the molecule is COc1cccc(C(=O)N2CC(N(CCN3CCOCC3)C(=O)C3CC3)CC2C(=O)N2CCNCC2)c1. The number of hydrogen-bond donors (Lipinski definition) is 1. The van der Waals surface area contributed by atoms with Crippen molar-refractivity contribution in [2.24, 2.45) is 5.92 Å². The second-order valence-corrected chi connectivity index (χ2v) is 10.4. The largest absolute Gasteiger partial charge is 0.497 e. The van der Waals surface area contributed by atoms with Gasteiger partial charge in [0.2, 0.25) is 11.8 Å². The number of likely N-dealkylation sites (tertiary alicyclic amines) is 1. The van der Waals surface area contributed by atoms with Gasteiger partial charge in [-0.1, -0.05) is 6.07 Å². The van der Waals surface area contributed by atoms with Gasteiger partial charge in [-0.3, -0.25) is 19.3 Å². The zero-order chi connectivity index (χ0) is 25.8. The molecule has 3 heterocycles. The average molecular weight is 514 g/mol. The molecule has 3 saturated heterocycles. The standard InChI is InChI=1S/C27H39N5O5/c1-36-23-4-2-3-21(17-23)26(34)32-19-22(18-24(32)27(35)30-9-7-28-8-10-30)31(25(33)20-5-6-20)12-11-29-13-15-37-16-14-29/h2-4,17,20,22,24,28H,5-16,18-19H2,1H3. The van der Waals surface area contributed by atoms with Gasteiger partial charge < -0.3 is 29.5 Å². The molecule has 0 aromatic heterocycles. The van der Waals surface area contributed by atoms with E-state index in [4.69, 9.17) is 9.47 Å². The van der Waals surface area contributed by atoms with Crippen LogP contribution in [0.3, 0.4) is 0 Å². The smallest absolute Gasteiger partial charge is 0.254 e. The van der Waals surface area contributed by atoms with E-state index in [9.17, 15) is 14.4 Å². The van der Waals surface area contributed by atoms with Crippen LogP contribution in [0.1, 0.15) is 29.6 Å². The molecule has 1 saturated carbocycles. The van der Waals surface area contributed by atoms with Gasteiger partial charge in [0.15, 0.2) is 0 Å². The Labute approximate surface area is 218 Å². The number of nitrogens with one attached hydrogen (secondary N) is 1. The number of morpholine rings is 1. The summed E-state index contributed by atoms with van der Waals surface area (Å²) in [5.41, 5.74) is 0.492. The number of nitrogens with zero attached hydrogens (tertiary/aromatic N) is 4. The van der Waals surface area contributed by atoms with Gasteiger partial charge in [0.25, 0.3) is 5.91 Å². The summed E-state index contributed by atoms with van der Waals surface area (Å²) < 4.78 is 10.8. The molecule has 0 spiro atoms. The quantitative estimate of drug-likeness (QED) is 0.534. The van der Waals surface area contributed by atoms with Crippen LogP contribution in [-0.4, -0.2) is 129 Å². The van der Waals surface area contributed by atoms with E-state index in [1.807, 2.05) is 9.80 Å². The van der Waals surface area contributed by atoms with Crippen LogP contribution in [0.15, 0.2) is 24.3 Å². The van der Waals surface area contributed by atoms with E-state index < -0.39 is 6.04 Å². The number of benzene rings is 1. The highest BCUT2D eigenvalue weighted by Crippen LogP contribution is 2.34. The molecule has 202 valence electrons. The van der Waals surface area contributed by atoms with E-state index in [0.717, 1.165) is 45.6 Å². The summed E-state index contributed by atoms with van der Waals surface area (Å²) in [4.78, 5) is 48.8. The monoisotopic (exact) mass is 513 g/mol. The Morgan fingerprint density at radius 2 is 1.86 bits per heavy atom. The molecule has 2 unspecified atom stereocenters. The second-order valence-electron chi connectivity index (χ2n) is 10.4. The van der Waals surface area contributed by atoms with Crippen LogP contribution in [-0.2, 0) is 14.3 Å². The molecule has 1 aromatic carbocycles. The fourth-order valence-corrected chi connectivity index (χ4v) is 5.63. The van der Waals surface area contributed by atoms with Crippen LogP contribution in [0, 0.1) is 5.92 Å². The normalized spacial score (nSPS) is 24.7. The maximum atomic E-state index is 13.8. The zero-order valence-corrected chi connectivity index (χ0v) is 21.8. The van der Waals surface area contributed by atoms with E-state index >= 15 is 0 Å². The van der Waals surface area contributed by atoms with Crippen LogP contribution in [0.4, 0.5) is 0 Å².